The summed E-state index contributed by atoms with van der Waals surface area (Å²) in [4.78, 5) is 17.2. The SMILES string of the molecule is Cn1c(=O)cc(N2CCN(Cc3ccccc3)CC2)c2ccccc21. The van der Waals surface area contributed by atoms with Crippen LogP contribution in [0.25, 0.3) is 10.9 Å². The van der Waals surface area contributed by atoms with Crippen molar-refractivity contribution >= 4 is 16.6 Å². The normalized spacial score (nSPS) is 15.6. The Morgan fingerprint density at radius 2 is 1.56 bits per heavy atom. The maximum Gasteiger partial charge on any atom is 0.252 e. The van der Waals surface area contributed by atoms with Crippen molar-refractivity contribution in [2.45, 2.75) is 6.54 Å². The van der Waals surface area contributed by atoms with Crippen LogP contribution in [0.3, 0.4) is 0 Å². The molecule has 0 atom stereocenters. The molecule has 0 radical (unpaired) electrons. The minimum Gasteiger partial charge on any atom is -0.368 e. The topological polar surface area (TPSA) is 28.5 Å². The molecule has 3 aromatic rings. The predicted octanol–water partition coefficient (Wildman–Crippen LogP) is 2.86. The van der Waals surface area contributed by atoms with E-state index in [1.807, 2.05) is 25.2 Å². The van der Waals surface area contributed by atoms with Crippen molar-refractivity contribution in [2.24, 2.45) is 7.05 Å². The molecule has 2 heterocycles. The first-order chi connectivity index (χ1) is 12.2. The minimum atomic E-state index is 0.0559. The van der Waals surface area contributed by atoms with E-state index in [0.29, 0.717) is 0 Å². The second kappa shape index (κ2) is 6.73. The Labute approximate surface area is 147 Å². The van der Waals surface area contributed by atoms with Crippen molar-refractivity contribution < 1.29 is 0 Å². The Kier molecular flexibility index (Phi) is 4.28. The summed E-state index contributed by atoms with van der Waals surface area (Å²) in [5.74, 6) is 0. The Morgan fingerprint density at radius 3 is 2.32 bits per heavy atom. The van der Waals surface area contributed by atoms with Gasteiger partial charge in [0.15, 0.2) is 0 Å². The highest BCUT2D eigenvalue weighted by Gasteiger charge is 2.19. The highest BCUT2D eigenvalue weighted by atomic mass is 16.1. The van der Waals surface area contributed by atoms with Gasteiger partial charge < -0.3 is 9.47 Å². The number of pyridine rings is 1. The highest BCUT2D eigenvalue weighted by Crippen LogP contribution is 2.25. The number of anilines is 1. The first kappa shape index (κ1) is 15.9. The molecular formula is C21H23N3O. The lowest BCUT2D eigenvalue weighted by Gasteiger charge is -2.36. The van der Waals surface area contributed by atoms with Gasteiger partial charge in [-0.15, -0.1) is 0 Å². The summed E-state index contributed by atoms with van der Waals surface area (Å²) in [6.07, 6.45) is 0. The number of piperazine rings is 1. The standard InChI is InChI=1S/C21H23N3O/c1-22-19-10-6-5-9-18(19)20(15-21(22)25)24-13-11-23(12-14-24)16-17-7-3-2-4-8-17/h2-10,15H,11-14,16H2,1H3. The largest absolute Gasteiger partial charge is 0.368 e. The third-order valence-electron chi connectivity index (χ3n) is 5.09. The first-order valence-corrected chi connectivity index (χ1v) is 8.82. The maximum atomic E-state index is 12.3. The van der Waals surface area contributed by atoms with Crippen molar-refractivity contribution in [1.29, 1.82) is 0 Å². The van der Waals surface area contributed by atoms with E-state index in [2.05, 4.69) is 46.2 Å². The van der Waals surface area contributed by atoms with Crippen LogP contribution < -0.4 is 10.5 Å². The van der Waals surface area contributed by atoms with Gasteiger partial charge in [-0.2, -0.15) is 0 Å². The number of para-hydroxylation sites is 1. The Balaban J connectivity index is 1.54. The van der Waals surface area contributed by atoms with Crippen LogP contribution in [0, 0.1) is 0 Å². The monoisotopic (exact) mass is 333 g/mol. The summed E-state index contributed by atoms with van der Waals surface area (Å²) in [6.45, 7) is 4.91. The van der Waals surface area contributed by atoms with E-state index in [1.165, 1.54) is 5.56 Å². The molecule has 1 fully saturated rings. The third kappa shape index (κ3) is 3.17. The van der Waals surface area contributed by atoms with E-state index in [4.69, 9.17) is 0 Å². The second-order valence-electron chi connectivity index (χ2n) is 6.69. The fraction of sp³-hybridized carbons (Fsp3) is 0.286. The fourth-order valence-corrected chi connectivity index (χ4v) is 3.64. The van der Waals surface area contributed by atoms with Crippen LogP contribution in [0.2, 0.25) is 0 Å². The average molecular weight is 333 g/mol. The van der Waals surface area contributed by atoms with Gasteiger partial charge in [0, 0.05) is 51.2 Å². The molecule has 0 N–H and O–H groups in total. The van der Waals surface area contributed by atoms with Gasteiger partial charge in [-0.05, 0) is 11.6 Å². The maximum absolute atomic E-state index is 12.3. The molecule has 0 spiro atoms. The second-order valence-corrected chi connectivity index (χ2v) is 6.69. The molecule has 1 aromatic heterocycles. The summed E-state index contributed by atoms with van der Waals surface area (Å²) < 4.78 is 1.73. The van der Waals surface area contributed by atoms with Gasteiger partial charge in [0.2, 0.25) is 0 Å². The lowest BCUT2D eigenvalue weighted by molar-refractivity contribution is 0.250. The molecule has 0 aliphatic carbocycles. The first-order valence-electron chi connectivity index (χ1n) is 8.82. The molecule has 1 saturated heterocycles. The van der Waals surface area contributed by atoms with E-state index in [0.717, 1.165) is 49.3 Å². The number of aromatic nitrogens is 1. The van der Waals surface area contributed by atoms with Crippen molar-refractivity contribution in [2.75, 3.05) is 31.1 Å². The zero-order valence-electron chi connectivity index (χ0n) is 14.6. The van der Waals surface area contributed by atoms with Gasteiger partial charge in [0.1, 0.15) is 0 Å². The van der Waals surface area contributed by atoms with Gasteiger partial charge >= 0.3 is 0 Å². The Morgan fingerprint density at radius 1 is 0.880 bits per heavy atom. The molecule has 4 rings (SSSR count). The quantitative estimate of drug-likeness (QED) is 0.738. The van der Waals surface area contributed by atoms with Crippen molar-refractivity contribution in [1.82, 2.24) is 9.47 Å². The highest BCUT2D eigenvalue weighted by molar-refractivity contribution is 5.91. The Bertz CT molecular complexity index is 925. The van der Waals surface area contributed by atoms with Crippen LogP contribution >= 0.6 is 0 Å². The predicted molar refractivity (Wildman–Crippen MR) is 103 cm³/mol. The van der Waals surface area contributed by atoms with Crippen LogP contribution in [-0.2, 0) is 13.6 Å². The molecule has 0 amide bonds. The number of rotatable bonds is 3. The van der Waals surface area contributed by atoms with Crippen molar-refractivity contribution in [3.63, 3.8) is 0 Å². The number of benzene rings is 2. The molecule has 2 aromatic carbocycles. The van der Waals surface area contributed by atoms with E-state index in [-0.39, 0.29) is 5.56 Å². The molecule has 4 nitrogen and oxygen atoms in total. The number of fused-ring (bicyclic) bond motifs is 1. The van der Waals surface area contributed by atoms with E-state index in [1.54, 1.807) is 10.6 Å². The summed E-state index contributed by atoms with van der Waals surface area (Å²) in [5.41, 5.74) is 3.48. The van der Waals surface area contributed by atoms with Gasteiger partial charge in [0.25, 0.3) is 5.56 Å². The van der Waals surface area contributed by atoms with Crippen LogP contribution in [0.15, 0.2) is 65.5 Å². The van der Waals surface area contributed by atoms with Gasteiger partial charge in [-0.25, -0.2) is 0 Å². The lowest BCUT2D eigenvalue weighted by Crippen LogP contribution is -2.46. The van der Waals surface area contributed by atoms with Crippen LogP contribution in [0.4, 0.5) is 5.69 Å². The molecule has 1 aliphatic rings. The van der Waals surface area contributed by atoms with Crippen LogP contribution in [0.1, 0.15) is 5.56 Å². The molecule has 0 unspecified atom stereocenters. The molecule has 4 heteroatoms. The fourth-order valence-electron chi connectivity index (χ4n) is 3.64. The summed E-state index contributed by atoms with van der Waals surface area (Å²) in [5, 5.41) is 1.15. The zero-order valence-corrected chi connectivity index (χ0v) is 14.6. The van der Waals surface area contributed by atoms with E-state index in [9.17, 15) is 4.79 Å². The van der Waals surface area contributed by atoms with Crippen molar-refractivity contribution in [3.05, 3.63) is 76.6 Å². The Hall–Kier alpha value is -2.59. The number of hydrogen-bond donors (Lipinski definition) is 0. The summed E-state index contributed by atoms with van der Waals surface area (Å²) in [6, 6.07) is 20.6. The number of nitrogens with zero attached hydrogens (tertiary/aromatic N) is 3. The van der Waals surface area contributed by atoms with E-state index >= 15 is 0 Å². The van der Waals surface area contributed by atoms with Gasteiger partial charge in [0.05, 0.1) is 11.2 Å². The van der Waals surface area contributed by atoms with Crippen LogP contribution in [-0.4, -0.2) is 35.6 Å². The number of hydrogen-bond acceptors (Lipinski definition) is 3. The smallest absolute Gasteiger partial charge is 0.252 e. The lowest BCUT2D eigenvalue weighted by atomic mass is 10.1. The summed E-state index contributed by atoms with van der Waals surface area (Å²) >= 11 is 0. The van der Waals surface area contributed by atoms with Crippen LogP contribution in [0.5, 0.6) is 0 Å². The van der Waals surface area contributed by atoms with Crippen molar-refractivity contribution in [3.8, 4) is 0 Å². The zero-order chi connectivity index (χ0) is 17.2. The van der Waals surface area contributed by atoms with E-state index < -0.39 is 0 Å². The van der Waals surface area contributed by atoms with Gasteiger partial charge in [-0.1, -0.05) is 48.5 Å². The minimum absolute atomic E-state index is 0.0559. The molecule has 25 heavy (non-hydrogen) atoms. The average Bonchev–Trinajstić information content (AvgIpc) is 2.66. The molecule has 128 valence electrons. The number of aryl methyl sites for hydroxylation is 1. The molecular weight excluding hydrogens is 310 g/mol. The third-order valence-corrected chi connectivity index (χ3v) is 5.09. The molecule has 0 bridgehead atoms. The van der Waals surface area contributed by atoms with Gasteiger partial charge in [-0.3, -0.25) is 9.69 Å². The summed E-state index contributed by atoms with van der Waals surface area (Å²) in [7, 11) is 1.84. The molecule has 0 saturated carbocycles. The molecule has 1 aliphatic heterocycles.